The molecule has 0 bridgehead atoms. The van der Waals surface area contributed by atoms with Crippen LogP contribution in [0.1, 0.15) is 21.9 Å². The van der Waals surface area contributed by atoms with Gasteiger partial charge in [0.15, 0.2) is 0 Å². The van der Waals surface area contributed by atoms with Crippen LogP contribution in [0.5, 0.6) is 5.88 Å². The van der Waals surface area contributed by atoms with E-state index < -0.39 is 5.97 Å². The monoisotopic (exact) mass is 707 g/mol. The number of hydrogen-bond donors (Lipinski definition) is 1. The summed E-state index contributed by atoms with van der Waals surface area (Å²) in [4.78, 5) is 34.7. The second kappa shape index (κ2) is 20.2. The molecule has 2 aromatic heterocycles. The van der Waals surface area contributed by atoms with Gasteiger partial charge in [-0.25, -0.2) is 14.8 Å². The molecule has 0 aliphatic carbocycles. The molecule has 0 unspecified atom stereocenters. The van der Waals surface area contributed by atoms with Gasteiger partial charge in [-0.3, -0.25) is 14.6 Å². The van der Waals surface area contributed by atoms with Crippen molar-refractivity contribution in [1.82, 2.24) is 19.8 Å². The molecule has 13 heteroatoms. The van der Waals surface area contributed by atoms with Gasteiger partial charge in [0.05, 0.1) is 64.2 Å². The Morgan fingerprint density at radius 1 is 0.769 bits per heavy atom. The van der Waals surface area contributed by atoms with Crippen LogP contribution >= 0.6 is 0 Å². The molecule has 220 valence electrons. The van der Waals surface area contributed by atoms with E-state index in [9.17, 15) is 14.7 Å². The molecule has 1 aliphatic heterocycles. The van der Waals surface area contributed by atoms with E-state index >= 15 is 0 Å². The average molecular weight is 708 g/mol. The first-order valence-electron chi connectivity index (χ1n) is 12.6. The Hall–Kier alpha value is -1.77. The smallest absolute Gasteiger partial charge is 0.477 e. The molecule has 3 heterocycles. The maximum Gasteiger partial charge on any atom is 3.00 e. The summed E-state index contributed by atoms with van der Waals surface area (Å²) in [6.45, 7) is 7.99. The fourth-order valence-corrected chi connectivity index (χ4v) is 3.76. The van der Waals surface area contributed by atoms with Gasteiger partial charge in [-0.1, -0.05) is 12.1 Å². The molecule has 0 saturated carbocycles. The standard InChI is InChI=1S/C26H36N4O8.Lu/c31-21-38-25-6-2-4-23(28-25)20-30-9-13-36-17-15-34-11-7-29(8-12-35-16-18-37-14-10-30)19-22-3-1-5-24(27-22)26(32)33;/h1-6,21H,7-20H2,(H,32,33);/q;+3. The van der Waals surface area contributed by atoms with E-state index in [0.717, 1.165) is 5.69 Å². The zero-order valence-corrected chi connectivity index (χ0v) is 23.4. The Kier molecular flexibility index (Phi) is 17.3. The minimum absolute atomic E-state index is 0. The van der Waals surface area contributed by atoms with E-state index in [0.29, 0.717) is 104 Å². The fourth-order valence-electron chi connectivity index (χ4n) is 3.76. The molecule has 1 saturated heterocycles. The second-order valence-electron chi connectivity index (χ2n) is 8.50. The van der Waals surface area contributed by atoms with Crippen molar-refractivity contribution >= 4 is 12.4 Å². The first-order valence-corrected chi connectivity index (χ1v) is 12.6. The van der Waals surface area contributed by atoms with Crippen molar-refractivity contribution in [2.45, 2.75) is 13.1 Å². The van der Waals surface area contributed by atoms with Gasteiger partial charge in [0, 0.05) is 45.3 Å². The number of pyridine rings is 2. The minimum atomic E-state index is -1.04. The maximum atomic E-state index is 11.2. The summed E-state index contributed by atoms with van der Waals surface area (Å²) in [5.41, 5.74) is 1.50. The van der Waals surface area contributed by atoms with Crippen molar-refractivity contribution in [3.63, 3.8) is 0 Å². The molecule has 2 aromatic rings. The third kappa shape index (κ3) is 13.9. The van der Waals surface area contributed by atoms with E-state index in [1.54, 1.807) is 18.2 Å². The topological polar surface area (TPSA) is 133 Å². The third-order valence-corrected chi connectivity index (χ3v) is 5.70. The van der Waals surface area contributed by atoms with E-state index in [2.05, 4.69) is 19.8 Å². The number of nitrogens with zero attached hydrogens (tertiary/aromatic N) is 4. The van der Waals surface area contributed by atoms with Crippen molar-refractivity contribution in [2.75, 3.05) is 79.0 Å². The number of rotatable bonds is 7. The van der Waals surface area contributed by atoms with Crippen LogP contribution in [0.25, 0.3) is 0 Å². The van der Waals surface area contributed by atoms with Gasteiger partial charge >= 0.3 is 42.8 Å². The Labute approximate surface area is 257 Å². The summed E-state index contributed by atoms with van der Waals surface area (Å²) in [5.74, 6) is -0.777. The molecule has 1 N–H and O–H groups in total. The van der Waals surface area contributed by atoms with E-state index in [1.807, 2.05) is 12.1 Å². The summed E-state index contributed by atoms with van der Waals surface area (Å²) in [6.07, 6.45) is 0. The predicted molar refractivity (Wildman–Crippen MR) is 136 cm³/mol. The molecule has 1 aliphatic rings. The quantitative estimate of drug-likeness (QED) is 0.414. The van der Waals surface area contributed by atoms with E-state index in [1.165, 1.54) is 6.07 Å². The molecule has 39 heavy (non-hydrogen) atoms. The Balaban J connectivity index is 0.00000533. The van der Waals surface area contributed by atoms with Gasteiger partial charge in [-0.15, -0.1) is 0 Å². The van der Waals surface area contributed by atoms with Crippen LogP contribution < -0.4 is 4.74 Å². The molecule has 0 aromatic carbocycles. The second-order valence-corrected chi connectivity index (χ2v) is 8.50. The van der Waals surface area contributed by atoms with E-state index in [-0.39, 0.29) is 48.4 Å². The normalized spacial score (nSPS) is 17.7. The van der Waals surface area contributed by atoms with Crippen molar-refractivity contribution in [3.05, 3.63) is 53.5 Å². The minimum Gasteiger partial charge on any atom is -0.477 e. The number of carbonyl (C=O) groups is 2. The summed E-state index contributed by atoms with van der Waals surface area (Å²) < 4.78 is 27.9. The van der Waals surface area contributed by atoms with Crippen molar-refractivity contribution in [2.24, 2.45) is 0 Å². The molecular formula is C26H36LuN4O8+3. The molecule has 0 atom stereocenters. The largest absolute Gasteiger partial charge is 3.00 e. The molecule has 12 nitrogen and oxygen atoms in total. The van der Waals surface area contributed by atoms with Crippen LogP contribution in [0.2, 0.25) is 0 Å². The summed E-state index contributed by atoms with van der Waals surface area (Å²) in [6, 6.07) is 10.3. The number of hydrogen-bond acceptors (Lipinski definition) is 11. The Morgan fingerprint density at radius 3 is 1.69 bits per heavy atom. The van der Waals surface area contributed by atoms with Gasteiger partial charge in [0.2, 0.25) is 5.88 Å². The summed E-state index contributed by atoms with van der Waals surface area (Å²) in [7, 11) is 0. The molecule has 0 spiro atoms. The number of ether oxygens (including phenoxy) is 5. The summed E-state index contributed by atoms with van der Waals surface area (Å²) in [5, 5.41) is 9.20. The number of aromatic carboxylic acids is 1. The number of carbonyl (C=O) groups excluding carboxylic acids is 1. The predicted octanol–water partition coefficient (Wildman–Crippen LogP) is 1.09. The molecule has 3 rings (SSSR count). The van der Waals surface area contributed by atoms with Crippen LogP contribution in [-0.4, -0.2) is 116 Å². The summed E-state index contributed by atoms with van der Waals surface area (Å²) >= 11 is 0. The van der Waals surface area contributed by atoms with Crippen LogP contribution in [0.4, 0.5) is 0 Å². The first kappa shape index (κ1) is 33.4. The first-order chi connectivity index (χ1) is 18.6. The van der Waals surface area contributed by atoms with Crippen LogP contribution in [-0.2, 0) is 36.8 Å². The molecule has 1 fully saturated rings. The Morgan fingerprint density at radius 2 is 1.23 bits per heavy atom. The zero-order valence-electron chi connectivity index (χ0n) is 21.8. The van der Waals surface area contributed by atoms with Gasteiger partial charge in [-0.05, 0) is 18.2 Å². The van der Waals surface area contributed by atoms with Gasteiger partial charge in [0.1, 0.15) is 5.69 Å². The molecular weight excluding hydrogens is 671 g/mol. The number of aromatic nitrogens is 2. The SMILES string of the molecule is O=COc1cccc(CN2CCOCCOCCN(Cc3cccc(C(=O)O)n3)CCOCCOCC2)n1.[Lu+3]. The zero-order chi connectivity index (χ0) is 26.8. The third-order valence-electron chi connectivity index (χ3n) is 5.70. The van der Waals surface area contributed by atoms with Crippen LogP contribution in [0.15, 0.2) is 36.4 Å². The van der Waals surface area contributed by atoms with Crippen molar-refractivity contribution < 1.29 is 75.3 Å². The van der Waals surface area contributed by atoms with Gasteiger partial charge in [-0.2, -0.15) is 0 Å². The Bertz CT molecular complexity index is 966. The molecule has 0 radical (unpaired) electrons. The van der Waals surface area contributed by atoms with Crippen molar-refractivity contribution in [1.29, 1.82) is 0 Å². The van der Waals surface area contributed by atoms with E-state index in [4.69, 9.17) is 23.7 Å². The fraction of sp³-hybridized carbons (Fsp3) is 0.538. The average Bonchev–Trinajstić information content (AvgIpc) is 2.91. The number of carboxylic acid groups (broad SMARTS) is 1. The van der Waals surface area contributed by atoms with Crippen LogP contribution in [0, 0.1) is 36.9 Å². The number of carboxylic acids is 1. The van der Waals surface area contributed by atoms with Crippen LogP contribution in [0.3, 0.4) is 0 Å². The maximum absolute atomic E-state index is 11.2. The van der Waals surface area contributed by atoms with Gasteiger partial charge < -0.3 is 28.8 Å². The van der Waals surface area contributed by atoms with Crippen molar-refractivity contribution in [3.8, 4) is 5.88 Å². The van der Waals surface area contributed by atoms with Gasteiger partial charge in [0.25, 0.3) is 6.47 Å². The molecule has 0 amide bonds.